The number of methoxy groups -OCH3 is 2. The van der Waals surface area contributed by atoms with E-state index in [4.69, 9.17) is 9.47 Å². The number of amides is 2. The Kier molecular flexibility index (Phi) is 8.02. The molecule has 0 bridgehead atoms. The summed E-state index contributed by atoms with van der Waals surface area (Å²) >= 11 is 0. The number of carbonyl (C=O) groups excluding carboxylic acids is 2. The van der Waals surface area contributed by atoms with E-state index in [1.807, 2.05) is 0 Å². The molecule has 0 aliphatic heterocycles. The van der Waals surface area contributed by atoms with Gasteiger partial charge < -0.3 is 20.1 Å². The Bertz CT molecular complexity index is 852. The van der Waals surface area contributed by atoms with Gasteiger partial charge in [0.2, 0.25) is 11.8 Å². The Balaban J connectivity index is 1.72. The second-order valence-corrected chi connectivity index (χ2v) is 5.90. The van der Waals surface area contributed by atoms with E-state index in [1.165, 1.54) is 18.2 Å². The molecule has 2 aromatic rings. The Morgan fingerprint density at radius 1 is 1.00 bits per heavy atom. The highest BCUT2D eigenvalue weighted by molar-refractivity contribution is 5.91. The number of rotatable bonds is 9. The van der Waals surface area contributed by atoms with E-state index in [9.17, 15) is 14.0 Å². The molecule has 0 radical (unpaired) electrons. The smallest absolute Gasteiger partial charge is 0.244 e. The van der Waals surface area contributed by atoms with Crippen molar-refractivity contribution in [1.29, 1.82) is 0 Å². The third kappa shape index (κ3) is 6.75. The van der Waals surface area contributed by atoms with E-state index in [2.05, 4.69) is 10.6 Å². The molecule has 0 heterocycles. The van der Waals surface area contributed by atoms with Gasteiger partial charge in [-0.1, -0.05) is 18.2 Å². The summed E-state index contributed by atoms with van der Waals surface area (Å²) < 4.78 is 23.5. The van der Waals surface area contributed by atoms with E-state index in [0.717, 1.165) is 5.56 Å². The number of benzene rings is 2. The SMILES string of the molecule is COc1ccc(/C=C/C(=O)NCCNC(=O)Cc2cccc(F)c2)cc1OC. The Morgan fingerprint density at radius 2 is 1.75 bits per heavy atom. The van der Waals surface area contributed by atoms with Crippen molar-refractivity contribution >= 4 is 17.9 Å². The van der Waals surface area contributed by atoms with Gasteiger partial charge >= 0.3 is 0 Å². The van der Waals surface area contributed by atoms with E-state index >= 15 is 0 Å². The first-order chi connectivity index (χ1) is 13.5. The molecule has 2 aromatic carbocycles. The highest BCUT2D eigenvalue weighted by atomic mass is 19.1. The molecule has 0 saturated carbocycles. The van der Waals surface area contributed by atoms with E-state index < -0.39 is 0 Å². The van der Waals surface area contributed by atoms with Crippen LogP contribution >= 0.6 is 0 Å². The molecule has 0 saturated heterocycles. The van der Waals surface area contributed by atoms with E-state index in [-0.39, 0.29) is 37.1 Å². The summed E-state index contributed by atoms with van der Waals surface area (Å²) in [5.74, 6) is 0.290. The van der Waals surface area contributed by atoms with Gasteiger partial charge in [0, 0.05) is 19.2 Å². The minimum Gasteiger partial charge on any atom is -0.493 e. The Hall–Kier alpha value is -3.35. The average molecular weight is 386 g/mol. The highest BCUT2D eigenvalue weighted by Gasteiger charge is 2.05. The lowest BCUT2D eigenvalue weighted by Crippen LogP contribution is -2.34. The molecule has 7 heteroatoms. The number of hydrogen-bond acceptors (Lipinski definition) is 4. The normalized spacial score (nSPS) is 10.5. The predicted octanol–water partition coefficient (Wildman–Crippen LogP) is 2.33. The average Bonchev–Trinajstić information content (AvgIpc) is 2.69. The van der Waals surface area contributed by atoms with Crippen molar-refractivity contribution < 1.29 is 23.5 Å². The van der Waals surface area contributed by atoms with Crippen LogP contribution in [-0.2, 0) is 16.0 Å². The van der Waals surface area contributed by atoms with Crippen LogP contribution in [0.15, 0.2) is 48.5 Å². The largest absolute Gasteiger partial charge is 0.493 e. The number of halogens is 1. The van der Waals surface area contributed by atoms with Crippen molar-refractivity contribution in [2.24, 2.45) is 0 Å². The maximum Gasteiger partial charge on any atom is 0.244 e. The van der Waals surface area contributed by atoms with Gasteiger partial charge in [0.15, 0.2) is 11.5 Å². The lowest BCUT2D eigenvalue weighted by molar-refractivity contribution is -0.121. The van der Waals surface area contributed by atoms with Gasteiger partial charge in [-0.3, -0.25) is 9.59 Å². The van der Waals surface area contributed by atoms with Crippen molar-refractivity contribution in [2.75, 3.05) is 27.3 Å². The van der Waals surface area contributed by atoms with Gasteiger partial charge in [0.25, 0.3) is 0 Å². The fraction of sp³-hybridized carbons (Fsp3) is 0.238. The molecule has 2 rings (SSSR count). The zero-order valence-corrected chi connectivity index (χ0v) is 15.8. The molecule has 0 aliphatic carbocycles. The van der Waals surface area contributed by atoms with Gasteiger partial charge in [-0.05, 0) is 41.5 Å². The molecule has 0 spiro atoms. The minimum atomic E-state index is -0.376. The summed E-state index contributed by atoms with van der Waals surface area (Å²) in [6.45, 7) is 0.564. The maximum absolute atomic E-state index is 13.1. The second kappa shape index (κ2) is 10.7. The molecule has 0 unspecified atom stereocenters. The van der Waals surface area contributed by atoms with Crippen molar-refractivity contribution in [3.8, 4) is 11.5 Å². The molecule has 0 atom stereocenters. The van der Waals surface area contributed by atoms with Gasteiger partial charge in [0.05, 0.1) is 20.6 Å². The molecule has 28 heavy (non-hydrogen) atoms. The van der Waals surface area contributed by atoms with Crippen molar-refractivity contribution in [3.05, 3.63) is 65.5 Å². The van der Waals surface area contributed by atoms with Crippen LogP contribution in [-0.4, -0.2) is 39.1 Å². The number of nitrogens with one attached hydrogen (secondary N) is 2. The summed E-state index contributed by atoms with van der Waals surface area (Å²) in [5.41, 5.74) is 1.38. The van der Waals surface area contributed by atoms with Crippen LogP contribution in [0.25, 0.3) is 6.08 Å². The van der Waals surface area contributed by atoms with Crippen LogP contribution in [0, 0.1) is 5.82 Å². The number of hydrogen-bond donors (Lipinski definition) is 2. The van der Waals surface area contributed by atoms with Gasteiger partial charge in [-0.15, -0.1) is 0 Å². The molecule has 2 N–H and O–H groups in total. The molecule has 0 aliphatic rings. The fourth-order valence-corrected chi connectivity index (χ4v) is 2.47. The lowest BCUT2D eigenvalue weighted by atomic mass is 10.1. The minimum absolute atomic E-state index is 0.0882. The van der Waals surface area contributed by atoms with E-state index in [0.29, 0.717) is 17.1 Å². The first-order valence-electron chi connectivity index (χ1n) is 8.71. The third-order valence-corrected chi connectivity index (χ3v) is 3.83. The molecular weight excluding hydrogens is 363 g/mol. The summed E-state index contributed by atoms with van der Waals surface area (Å²) in [7, 11) is 3.10. The Labute approximate surface area is 163 Å². The molecule has 148 valence electrons. The van der Waals surface area contributed by atoms with Crippen LogP contribution < -0.4 is 20.1 Å². The van der Waals surface area contributed by atoms with Gasteiger partial charge in [0.1, 0.15) is 5.82 Å². The van der Waals surface area contributed by atoms with Crippen molar-refractivity contribution in [3.63, 3.8) is 0 Å². The molecule has 0 aromatic heterocycles. The first kappa shape index (κ1) is 21.0. The predicted molar refractivity (Wildman–Crippen MR) is 105 cm³/mol. The summed E-state index contributed by atoms with van der Waals surface area (Å²) in [5, 5.41) is 5.35. The summed E-state index contributed by atoms with van der Waals surface area (Å²) in [6, 6.07) is 11.2. The molecule has 0 fully saturated rings. The lowest BCUT2D eigenvalue weighted by Gasteiger charge is -2.08. The quantitative estimate of drug-likeness (QED) is 0.512. The molecule has 6 nitrogen and oxygen atoms in total. The Morgan fingerprint density at radius 3 is 2.46 bits per heavy atom. The molecular formula is C21H23FN2O4. The molecule has 2 amide bonds. The summed E-state index contributed by atoms with van der Waals surface area (Å²) in [6.07, 6.45) is 3.14. The monoisotopic (exact) mass is 386 g/mol. The van der Waals surface area contributed by atoms with Gasteiger partial charge in [-0.2, -0.15) is 0 Å². The number of carbonyl (C=O) groups is 2. The summed E-state index contributed by atoms with van der Waals surface area (Å²) in [4.78, 5) is 23.7. The number of ether oxygens (including phenoxy) is 2. The standard InChI is InChI=1S/C21H23FN2O4/c1-27-18-8-6-15(13-19(18)28-2)7-9-20(25)23-10-11-24-21(26)14-16-4-3-5-17(22)12-16/h3-9,12-13H,10-11,14H2,1-2H3,(H,23,25)(H,24,26)/b9-7+. The van der Waals surface area contributed by atoms with Crippen molar-refractivity contribution in [1.82, 2.24) is 10.6 Å². The fourth-order valence-electron chi connectivity index (χ4n) is 2.47. The zero-order valence-electron chi connectivity index (χ0n) is 15.8. The maximum atomic E-state index is 13.1. The van der Waals surface area contributed by atoms with Crippen molar-refractivity contribution in [2.45, 2.75) is 6.42 Å². The van der Waals surface area contributed by atoms with Crippen LogP contribution in [0.5, 0.6) is 11.5 Å². The first-order valence-corrected chi connectivity index (χ1v) is 8.71. The van der Waals surface area contributed by atoms with Crippen LogP contribution in [0.2, 0.25) is 0 Å². The van der Waals surface area contributed by atoms with Crippen LogP contribution in [0.1, 0.15) is 11.1 Å². The topological polar surface area (TPSA) is 76.7 Å². The van der Waals surface area contributed by atoms with E-state index in [1.54, 1.807) is 50.6 Å². The van der Waals surface area contributed by atoms with Crippen LogP contribution in [0.3, 0.4) is 0 Å². The highest BCUT2D eigenvalue weighted by Crippen LogP contribution is 2.27. The zero-order chi connectivity index (χ0) is 20.4. The van der Waals surface area contributed by atoms with Crippen LogP contribution in [0.4, 0.5) is 4.39 Å². The second-order valence-electron chi connectivity index (χ2n) is 5.90. The third-order valence-electron chi connectivity index (χ3n) is 3.83. The van der Waals surface area contributed by atoms with Gasteiger partial charge in [-0.25, -0.2) is 4.39 Å².